The van der Waals surface area contributed by atoms with E-state index in [-0.39, 0.29) is 9.63 Å². The van der Waals surface area contributed by atoms with Crippen molar-refractivity contribution in [3.63, 3.8) is 0 Å². The summed E-state index contributed by atoms with van der Waals surface area (Å²) in [5, 5.41) is -0.255. The predicted octanol–water partition coefficient (Wildman–Crippen LogP) is 3.36. The second-order valence-corrected chi connectivity index (χ2v) is 6.13. The van der Waals surface area contributed by atoms with E-state index in [4.69, 9.17) is 22.3 Å². The fourth-order valence-corrected chi connectivity index (χ4v) is 2.44. The minimum atomic E-state index is -4.28. The summed E-state index contributed by atoms with van der Waals surface area (Å²) in [6, 6.07) is 0.888. The van der Waals surface area contributed by atoms with Gasteiger partial charge in [0.15, 0.2) is 0 Å². The first-order valence-electron chi connectivity index (χ1n) is 3.32. The molecule has 9 heteroatoms. The van der Waals surface area contributed by atoms with Crippen LogP contribution in [0.1, 0.15) is 12.1 Å². The Morgan fingerprint density at radius 3 is 2.40 bits per heavy atom. The summed E-state index contributed by atoms with van der Waals surface area (Å²) >= 11 is 8.31. The molecule has 0 N–H and O–H groups in total. The molecule has 0 saturated carbocycles. The van der Waals surface area contributed by atoms with Gasteiger partial charge in [-0.15, -0.1) is 0 Å². The Balaban J connectivity index is 3.56. The molecular formula is C6H2BrCl2F2NO2S. The Kier molecular flexibility index (Phi) is 3.91. The van der Waals surface area contributed by atoms with Crippen molar-refractivity contribution in [3.8, 4) is 0 Å². The summed E-state index contributed by atoms with van der Waals surface area (Å²) in [5.74, 6) is 0. The van der Waals surface area contributed by atoms with E-state index in [0.717, 1.165) is 6.07 Å². The number of hydrogen-bond acceptors (Lipinski definition) is 3. The van der Waals surface area contributed by atoms with E-state index >= 15 is 0 Å². The van der Waals surface area contributed by atoms with Crippen LogP contribution >= 0.6 is 38.2 Å². The third-order valence-corrected chi connectivity index (χ3v) is 3.87. The Morgan fingerprint density at radius 1 is 1.47 bits per heavy atom. The Morgan fingerprint density at radius 2 is 2.00 bits per heavy atom. The highest BCUT2D eigenvalue weighted by Crippen LogP contribution is 2.32. The normalized spacial score (nSPS) is 12.1. The Bertz CT molecular complexity index is 494. The number of aromatic nitrogens is 1. The van der Waals surface area contributed by atoms with Crippen LogP contribution in [0, 0.1) is 0 Å². The lowest BCUT2D eigenvalue weighted by Gasteiger charge is -2.06. The second kappa shape index (κ2) is 4.48. The van der Waals surface area contributed by atoms with Crippen LogP contribution in [0.5, 0.6) is 0 Å². The van der Waals surface area contributed by atoms with Crippen molar-refractivity contribution in [1.82, 2.24) is 4.98 Å². The molecule has 3 nitrogen and oxygen atoms in total. The first-order chi connectivity index (χ1) is 6.73. The van der Waals surface area contributed by atoms with Gasteiger partial charge >= 0.3 is 0 Å². The molecule has 84 valence electrons. The third-order valence-electron chi connectivity index (χ3n) is 1.40. The van der Waals surface area contributed by atoms with Crippen LogP contribution in [0.4, 0.5) is 8.78 Å². The van der Waals surface area contributed by atoms with Crippen molar-refractivity contribution in [2.75, 3.05) is 0 Å². The van der Waals surface area contributed by atoms with Crippen LogP contribution < -0.4 is 0 Å². The molecule has 0 aliphatic carbocycles. The number of rotatable bonds is 2. The van der Waals surface area contributed by atoms with Gasteiger partial charge in [-0.1, -0.05) is 11.6 Å². The van der Waals surface area contributed by atoms with Gasteiger partial charge in [0.2, 0.25) is 0 Å². The van der Waals surface area contributed by atoms with Crippen molar-refractivity contribution in [2.24, 2.45) is 0 Å². The van der Waals surface area contributed by atoms with Crippen molar-refractivity contribution < 1.29 is 17.2 Å². The van der Waals surface area contributed by atoms with E-state index in [0.29, 0.717) is 0 Å². The zero-order valence-electron chi connectivity index (χ0n) is 6.72. The average molecular weight is 341 g/mol. The third kappa shape index (κ3) is 2.99. The standard InChI is InChI=1S/C6H2BrCl2F2NO2S/c7-2-1-3(15(9,13)14)4(6(10)11)12-5(2)8/h1,6H. The van der Waals surface area contributed by atoms with Crippen molar-refractivity contribution in [3.05, 3.63) is 21.4 Å². The summed E-state index contributed by atoms with van der Waals surface area (Å²) in [4.78, 5) is 2.49. The Labute approximate surface area is 102 Å². The topological polar surface area (TPSA) is 47.0 Å². The van der Waals surface area contributed by atoms with Crippen LogP contribution in [0.15, 0.2) is 15.4 Å². The SMILES string of the molecule is O=S(=O)(Cl)c1cc(Br)c(Cl)nc1C(F)F. The molecule has 0 fully saturated rings. The lowest BCUT2D eigenvalue weighted by atomic mass is 10.3. The van der Waals surface area contributed by atoms with Crippen LogP contribution in [-0.2, 0) is 9.05 Å². The van der Waals surface area contributed by atoms with E-state index in [9.17, 15) is 17.2 Å². The van der Waals surface area contributed by atoms with Crippen LogP contribution in [0.3, 0.4) is 0 Å². The van der Waals surface area contributed by atoms with Gasteiger partial charge in [0.1, 0.15) is 15.7 Å². The summed E-state index contributed by atoms with van der Waals surface area (Å²) in [7, 11) is 0.690. The monoisotopic (exact) mass is 339 g/mol. The van der Waals surface area contributed by atoms with Crippen molar-refractivity contribution >= 4 is 47.3 Å². The summed E-state index contributed by atoms with van der Waals surface area (Å²) in [6.45, 7) is 0. The molecule has 0 aromatic carbocycles. The van der Waals surface area contributed by atoms with E-state index in [1.807, 2.05) is 0 Å². The van der Waals surface area contributed by atoms with Gasteiger partial charge in [-0.2, -0.15) is 0 Å². The van der Waals surface area contributed by atoms with Gasteiger partial charge in [-0.25, -0.2) is 22.2 Å². The molecule has 1 rings (SSSR count). The van der Waals surface area contributed by atoms with Gasteiger partial charge in [-0.3, -0.25) is 0 Å². The molecule has 0 amide bonds. The molecule has 0 aliphatic heterocycles. The second-order valence-electron chi connectivity index (χ2n) is 2.38. The molecule has 15 heavy (non-hydrogen) atoms. The molecule has 0 spiro atoms. The maximum Gasteiger partial charge on any atom is 0.281 e. The largest absolute Gasteiger partial charge is 0.281 e. The summed E-state index contributed by atoms with van der Waals surface area (Å²) < 4.78 is 46.8. The summed E-state index contributed by atoms with van der Waals surface area (Å²) in [6.07, 6.45) is -3.07. The molecule has 1 heterocycles. The molecular weight excluding hydrogens is 339 g/mol. The van der Waals surface area contributed by atoms with Gasteiger partial charge in [-0.05, 0) is 22.0 Å². The fourth-order valence-electron chi connectivity index (χ4n) is 0.814. The Hall–Kier alpha value is 0.0200. The van der Waals surface area contributed by atoms with Crippen molar-refractivity contribution in [1.29, 1.82) is 0 Å². The van der Waals surface area contributed by atoms with Gasteiger partial charge < -0.3 is 0 Å². The molecule has 0 saturated heterocycles. The molecule has 0 unspecified atom stereocenters. The highest BCUT2D eigenvalue weighted by Gasteiger charge is 2.25. The number of nitrogens with zero attached hydrogens (tertiary/aromatic N) is 1. The van der Waals surface area contributed by atoms with E-state index in [2.05, 4.69) is 20.9 Å². The first-order valence-corrected chi connectivity index (χ1v) is 6.80. The number of alkyl halides is 2. The minimum absolute atomic E-state index is 0.0767. The zero-order chi connectivity index (χ0) is 11.8. The van der Waals surface area contributed by atoms with Gasteiger partial charge in [0.05, 0.1) is 4.47 Å². The quantitative estimate of drug-likeness (QED) is 0.612. The van der Waals surface area contributed by atoms with Gasteiger partial charge in [0.25, 0.3) is 15.5 Å². The van der Waals surface area contributed by atoms with Gasteiger partial charge in [0, 0.05) is 10.7 Å². The van der Waals surface area contributed by atoms with Crippen LogP contribution in [0.2, 0.25) is 5.15 Å². The van der Waals surface area contributed by atoms with E-state index < -0.39 is 26.1 Å². The predicted molar refractivity (Wildman–Crippen MR) is 54.9 cm³/mol. The summed E-state index contributed by atoms with van der Waals surface area (Å²) in [5.41, 5.74) is -0.960. The van der Waals surface area contributed by atoms with E-state index in [1.165, 1.54) is 0 Å². The number of hydrogen-bond donors (Lipinski definition) is 0. The van der Waals surface area contributed by atoms with Crippen LogP contribution in [-0.4, -0.2) is 13.4 Å². The lowest BCUT2D eigenvalue weighted by Crippen LogP contribution is -2.02. The first kappa shape index (κ1) is 13.1. The molecule has 0 radical (unpaired) electrons. The number of pyridine rings is 1. The maximum absolute atomic E-state index is 12.4. The highest BCUT2D eigenvalue weighted by atomic mass is 79.9. The smallest absolute Gasteiger partial charge is 0.232 e. The lowest BCUT2D eigenvalue weighted by molar-refractivity contribution is 0.142. The van der Waals surface area contributed by atoms with E-state index in [1.54, 1.807) is 0 Å². The molecule has 1 aromatic rings. The van der Waals surface area contributed by atoms with Crippen molar-refractivity contribution in [2.45, 2.75) is 11.3 Å². The minimum Gasteiger partial charge on any atom is -0.232 e. The maximum atomic E-state index is 12.4. The fraction of sp³-hybridized carbons (Fsp3) is 0.167. The van der Waals surface area contributed by atoms with Crippen LogP contribution in [0.25, 0.3) is 0 Å². The molecule has 1 aromatic heterocycles. The molecule has 0 bridgehead atoms. The molecule has 0 atom stereocenters. The average Bonchev–Trinajstić information content (AvgIpc) is 2.06. The molecule has 0 aliphatic rings. The zero-order valence-corrected chi connectivity index (χ0v) is 10.6. The highest BCUT2D eigenvalue weighted by molar-refractivity contribution is 9.10. The number of halogens is 5.